The average Bonchev–Trinajstić information content (AvgIpc) is 3.16. The number of aromatic nitrogens is 1. The highest BCUT2D eigenvalue weighted by Crippen LogP contribution is 2.65. The van der Waals surface area contributed by atoms with Gasteiger partial charge in [-0.15, -0.1) is 0 Å². The Morgan fingerprint density at radius 3 is 2.23 bits per heavy atom. The number of likely N-dealkylation sites (tertiary alicyclic amines) is 1. The molecular formula is C29H44N4O6. The van der Waals surface area contributed by atoms with Gasteiger partial charge < -0.3 is 25.0 Å². The highest BCUT2D eigenvalue weighted by Gasteiger charge is 2.70. The van der Waals surface area contributed by atoms with E-state index in [4.69, 9.17) is 9.47 Å². The molecule has 0 spiro atoms. The van der Waals surface area contributed by atoms with Gasteiger partial charge in [-0.3, -0.25) is 14.6 Å². The third-order valence-electron chi connectivity index (χ3n) is 7.94. The maximum Gasteiger partial charge on any atom is 0.408 e. The highest BCUT2D eigenvalue weighted by atomic mass is 16.6. The van der Waals surface area contributed by atoms with Gasteiger partial charge in [-0.05, 0) is 55.6 Å². The first-order chi connectivity index (χ1) is 17.9. The van der Waals surface area contributed by atoms with E-state index in [0.29, 0.717) is 12.2 Å². The number of nitrogens with one attached hydrogen (secondary N) is 2. The van der Waals surface area contributed by atoms with Crippen molar-refractivity contribution in [1.29, 1.82) is 0 Å². The van der Waals surface area contributed by atoms with Gasteiger partial charge in [0.2, 0.25) is 11.8 Å². The van der Waals surface area contributed by atoms with Crippen LogP contribution >= 0.6 is 0 Å². The van der Waals surface area contributed by atoms with E-state index < -0.39 is 53.0 Å². The molecule has 216 valence electrons. The number of methoxy groups -OCH3 is 1. The van der Waals surface area contributed by atoms with Gasteiger partial charge in [0.05, 0.1) is 7.11 Å². The van der Waals surface area contributed by atoms with E-state index in [1.807, 2.05) is 26.8 Å². The van der Waals surface area contributed by atoms with Crippen LogP contribution < -0.4 is 10.6 Å². The van der Waals surface area contributed by atoms with Gasteiger partial charge >= 0.3 is 12.1 Å². The van der Waals surface area contributed by atoms with Crippen molar-refractivity contribution in [1.82, 2.24) is 20.5 Å². The van der Waals surface area contributed by atoms with Crippen LogP contribution in [0.1, 0.15) is 73.9 Å². The van der Waals surface area contributed by atoms with E-state index in [9.17, 15) is 19.2 Å². The summed E-state index contributed by atoms with van der Waals surface area (Å²) in [5.41, 5.74) is -0.891. The zero-order chi connectivity index (χ0) is 29.5. The molecule has 10 heteroatoms. The number of ether oxygens (including phenoxy) is 2. The minimum atomic E-state index is -0.992. The van der Waals surface area contributed by atoms with Gasteiger partial charge in [0.25, 0.3) is 0 Å². The molecule has 1 aromatic rings. The van der Waals surface area contributed by atoms with Gasteiger partial charge in [0.15, 0.2) is 0 Å². The lowest BCUT2D eigenvalue weighted by Crippen LogP contribution is -2.60. The summed E-state index contributed by atoms with van der Waals surface area (Å²) in [6, 6.07) is 2.66. The molecule has 3 rings (SSSR count). The van der Waals surface area contributed by atoms with Gasteiger partial charge in [-0.25, -0.2) is 9.59 Å². The first-order valence-corrected chi connectivity index (χ1v) is 13.5. The molecule has 1 aliphatic heterocycles. The van der Waals surface area contributed by atoms with Crippen molar-refractivity contribution in [3.05, 3.63) is 30.1 Å². The minimum absolute atomic E-state index is 0.0768. The van der Waals surface area contributed by atoms with E-state index in [1.165, 1.54) is 7.11 Å². The van der Waals surface area contributed by atoms with Crippen molar-refractivity contribution >= 4 is 23.9 Å². The molecule has 0 bridgehead atoms. The molecular weight excluding hydrogens is 500 g/mol. The lowest BCUT2D eigenvalue weighted by atomic mass is 9.85. The molecule has 39 heavy (non-hydrogen) atoms. The molecule has 10 nitrogen and oxygen atoms in total. The third-order valence-corrected chi connectivity index (χ3v) is 7.94. The Balaban J connectivity index is 1.88. The topological polar surface area (TPSA) is 127 Å². The van der Waals surface area contributed by atoms with E-state index >= 15 is 0 Å². The number of fused-ring (bicyclic) bond motifs is 1. The Kier molecular flexibility index (Phi) is 8.39. The zero-order valence-electron chi connectivity index (χ0n) is 24.8. The molecule has 1 saturated heterocycles. The van der Waals surface area contributed by atoms with Crippen molar-refractivity contribution in [2.24, 2.45) is 22.7 Å². The predicted octanol–water partition coefficient (Wildman–Crippen LogP) is 3.27. The SMILES string of the molecule is COC(=O)C(NC(=O)[C@@H]1[C@@H]2[C@H](CN1C(=O)[C@@H](NC(=O)OC(C)(C)C)C(C)(C)C)C2(C)C)C(C)c1ccccn1. The number of rotatable bonds is 7. The summed E-state index contributed by atoms with van der Waals surface area (Å²) in [4.78, 5) is 59.2. The molecule has 6 atom stereocenters. The average molecular weight is 545 g/mol. The lowest BCUT2D eigenvalue weighted by Gasteiger charge is -2.38. The summed E-state index contributed by atoms with van der Waals surface area (Å²) in [6.07, 6.45) is 0.928. The molecule has 2 N–H and O–H groups in total. The lowest BCUT2D eigenvalue weighted by molar-refractivity contribution is -0.148. The van der Waals surface area contributed by atoms with Crippen LogP contribution in [0.25, 0.3) is 0 Å². The van der Waals surface area contributed by atoms with Crippen molar-refractivity contribution in [3.63, 3.8) is 0 Å². The summed E-state index contributed by atoms with van der Waals surface area (Å²) in [5.74, 6) is -1.79. The Labute approximate surface area is 231 Å². The largest absolute Gasteiger partial charge is 0.467 e. The Bertz CT molecular complexity index is 1090. The number of esters is 1. The zero-order valence-corrected chi connectivity index (χ0v) is 24.8. The van der Waals surface area contributed by atoms with Crippen LogP contribution in [-0.2, 0) is 23.9 Å². The first kappa shape index (κ1) is 30.4. The number of piperidine rings is 1. The van der Waals surface area contributed by atoms with Crippen LogP contribution in [0.2, 0.25) is 0 Å². The maximum atomic E-state index is 14.0. The quantitative estimate of drug-likeness (QED) is 0.505. The number of hydrogen-bond donors (Lipinski definition) is 2. The van der Waals surface area contributed by atoms with E-state index in [-0.39, 0.29) is 23.2 Å². The third kappa shape index (κ3) is 6.53. The summed E-state index contributed by atoms with van der Waals surface area (Å²) < 4.78 is 10.4. The van der Waals surface area contributed by atoms with Crippen molar-refractivity contribution in [2.75, 3.05) is 13.7 Å². The number of pyridine rings is 1. The molecule has 2 heterocycles. The van der Waals surface area contributed by atoms with Gasteiger partial charge in [-0.2, -0.15) is 0 Å². The number of nitrogens with zero attached hydrogens (tertiary/aromatic N) is 2. The number of carbonyl (C=O) groups excluding carboxylic acids is 4. The molecule has 2 unspecified atom stereocenters. The summed E-state index contributed by atoms with van der Waals surface area (Å²) in [7, 11) is 1.27. The van der Waals surface area contributed by atoms with E-state index in [2.05, 4.69) is 29.5 Å². The van der Waals surface area contributed by atoms with E-state index in [1.54, 1.807) is 50.9 Å². The fourth-order valence-corrected chi connectivity index (χ4v) is 5.62. The number of alkyl carbamates (subject to hydrolysis) is 1. The fourth-order valence-electron chi connectivity index (χ4n) is 5.62. The first-order valence-electron chi connectivity index (χ1n) is 13.5. The van der Waals surface area contributed by atoms with Crippen LogP contribution in [0.3, 0.4) is 0 Å². The van der Waals surface area contributed by atoms with Crippen LogP contribution in [0, 0.1) is 22.7 Å². The maximum absolute atomic E-state index is 14.0. The van der Waals surface area contributed by atoms with Crippen LogP contribution in [-0.4, -0.2) is 71.1 Å². The van der Waals surface area contributed by atoms with Gasteiger partial charge in [-0.1, -0.05) is 47.6 Å². The molecule has 0 radical (unpaired) electrons. The van der Waals surface area contributed by atoms with Crippen LogP contribution in [0.4, 0.5) is 4.79 Å². The van der Waals surface area contributed by atoms with Crippen molar-refractivity contribution in [3.8, 4) is 0 Å². The second kappa shape index (κ2) is 10.8. The number of hydrogen-bond acceptors (Lipinski definition) is 7. The van der Waals surface area contributed by atoms with Crippen molar-refractivity contribution in [2.45, 2.75) is 92.0 Å². The standard InChI is InChI=1S/C29H44N4O6/c1-16(18-13-11-12-14-30-18)20(25(36)38-10)31-23(34)21-19-17(29(19,8)9)15-33(21)24(35)22(27(2,3)4)32-26(37)39-28(5,6)7/h11-14,16-17,19-22H,15H2,1-10H3,(H,31,34)(H,32,37)/t16?,17-,19-,20?,21-,22+/m0/s1. The smallest absolute Gasteiger partial charge is 0.408 e. The summed E-state index contributed by atoms with van der Waals surface area (Å²) in [6.45, 7) is 17.2. The normalized spacial score (nSPS) is 24.1. The number of amides is 3. The Hall–Kier alpha value is -3.17. The Morgan fingerprint density at radius 2 is 1.72 bits per heavy atom. The molecule has 1 saturated carbocycles. The Morgan fingerprint density at radius 1 is 1.08 bits per heavy atom. The molecule has 2 fully saturated rings. The second-order valence-corrected chi connectivity index (χ2v) is 13.4. The molecule has 1 aromatic heterocycles. The fraction of sp³-hybridized carbons (Fsp3) is 0.690. The molecule has 2 aliphatic rings. The van der Waals surface area contributed by atoms with Crippen molar-refractivity contribution < 1.29 is 28.7 Å². The second-order valence-electron chi connectivity index (χ2n) is 13.4. The molecule has 3 amide bonds. The van der Waals surface area contributed by atoms with E-state index in [0.717, 1.165) is 0 Å². The van der Waals surface area contributed by atoms with Crippen LogP contribution in [0.15, 0.2) is 24.4 Å². The number of carbonyl (C=O) groups is 4. The summed E-state index contributed by atoms with van der Waals surface area (Å²) >= 11 is 0. The monoisotopic (exact) mass is 544 g/mol. The summed E-state index contributed by atoms with van der Waals surface area (Å²) in [5, 5.41) is 5.62. The van der Waals surface area contributed by atoms with Gasteiger partial charge in [0, 0.05) is 24.4 Å². The highest BCUT2D eigenvalue weighted by molar-refractivity contribution is 5.95. The molecule has 1 aliphatic carbocycles. The molecule has 0 aromatic carbocycles. The minimum Gasteiger partial charge on any atom is -0.467 e. The predicted molar refractivity (Wildman–Crippen MR) is 145 cm³/mol. The van der Waals surface area contributed by atoms with Gasteiger partial charge in [0.1, 0.15) is 23.7 Å². The van der Waals surface area contributed by atoms with Crippen LogP contribution in [0.5, 0.6) is 0 Å².